The lowest BCUT2D eigenvalue weighted by molar-refractivity contribution is -0.140. The molecule has 0 unspecified atom stereocenters. The number of aryl methyl sites for hydroxylation is 1. The third-order valence-corrected chi connectivity index (χ3v) is 9.85. The normalized spacial score (nSPS) is 12.1. The molecular weight excluding hydrogens is 666 g/mol. The van der Waals surface area contributed by atoms with Gasteiger partial charge in [0.2, 0.25) is 11.8 Å². The van der Waals surface area contributed by atoms with Crippen molar-refractivity contribution in [2.24, 2.45) is 0 Å². The van der Waals surface area contributed by atoms with Crippen molar-refractivity contribution in [1.29, 1.82) is 0 Å². The average Bonchev–Trinajstić information content (AvgIpc) is 3.10. The van der Waals surface area contributed by atoms with Gasteiger partial charge in [-0.1, -0.05) is 84.4 Å². The van der Waals surface area contributed by atoms with Crippen LogP contribution in [0.15, 0.2) is 138 Å². The number of nitrogens with one attached hydrogen (secondary N) is 1. The van der Waals surface area contributed by atoms with Gasteiger partial charge in [-0.3, -0.25) is 13.9 Å². The van der Waals surface area contributed by atoms with E-state index in [9.17, 15) is 18.0 Å². The first kappa shape index (κ1) is 36.8. The topological polar surface area (TPSA) is 96.0 Å². The van der Waals surface area contributed by atoms with Gasteiger partial charge in [0.1, 0.15) is 29.9 Å². The molecule has 2 amide bonds. The number of hydrogen-bond acceptors (Lipinski definition) is 5. The van der Waals surface area contributed by atoms with Gasteiger partial charge in [-0.2, -0.15) is 0 Å². The summed E-state index contributed by atoms with van der Waals surface area (Å²) in [5.74, 6) is -0.628. The van der Waals surface area contributed by atoms with Gasteiger partial charge < -0.3 is 15.0 Å². The van der Waals surface area contributed by atoms with Crippen molar-refractivity contribution in [3.05, 3.63) is 156 Å². The number of para-hydroxylation sites is 1. The second kappa shape index (κ2) is 16.0. The number of sulfonamides is 1. The fourth-order valence-corrected chi connectivity index (χ4v) is 6.90. The predicted octanol–water partition coefficient (Wildman–Crippen LogP) is 7.68. The van der Waals surface area contributed by atoms with Gasteiger partial charge in [0.15, 0.2) is 0 Å². The number of carbonyl (C=O) groups is 2. The molecule has 0 radical (unpaired) electrons. The van der Waals surface area contributed by atoms with E-state index in [1.807, 2.05) is 76.2 Å². The first-order valence-electron chi connectivity index (χ1n) is 16.6. The Morgan fingerprint density at radius 1 is 0.765 bits per heavy atom. The lowest BCUT2D eigenvalue weighted by Gasteiger charge is -2.35. The number of anilines is 1. The Bertz CT molecular complexity index is 2030. The van der Waals surface area contributed by atoms with Crippen molar-refractivity contribution in [3.8, 4) is 11.5 Å². The number of halogens is 1. The third kappa shape index (κ3) is 9.82. The summed E-state index contributed by atoms with van der Waals surface area (Å²) in [6.45, 7) is 6.39. The number of benzene rings is 5. The molecule has 5 aromatic rings. The van der Waals surface area contributed by atoms with Crippen LogP contribution in [0.1, 0.15) is 37.5 Å². The van der Waals surface area contributed by atoms with Crippen LogP contribution in [0, 0.1) is 12.7 Å². The van der Waals surface area contributed by atoms with Crippen LogP contribution in [-0.2, 0) is 32.6 Å². The molecule has 0 aromatic heterocycles. The molecule has 5 aromatic carbocycles. The van der Waals surface area contributed by atoms with Crippen molar-refractivity contribution in [3.63, 3.8) is 0 Å². The molecular formula is C41H42FN3O5S. The highest BCUT2D eigenvalue weighted by atomic mass is 32.2. The summed E-state index contributed by atoms with van der Waals surface area (Å²) in [6.07, 6.45) is 0.110. The fourth-order valence-electron chi connectivity index (χ4n) is 5.49. The van der Waals surface area contributed by atoms with Crippen LogP contribution in [0.5, 0.6) is 11.5 Å². The summed E-state index contributed by atoms with van der Waals surface area (Å²) in [4.78, 5) is 30.0. The molecule has 0 aliphatic rings. The van der Waals surface area contributed by atoms with E-state index < -0.39 is 45.8 Å². The Balaban J connectivity index is 1.57. The molecule has 0 saturated heterocycles. The zero-order valence-corrected chi connectivity index (χ0v) is 29.9. The van der Waals surface area contributed by atoms with Crippen LogP contribution in [0.2, 0.25) is 0 Å². The van der Waals surface area contributed by atoms with Gasteiger partial charge in [-0.25, -0.2) is 12.8 Å². The third-order valence-electron chi connectivity index (χ3n) is 8.06. The zero-order valence-electron chi connectivity index (χ0n) is 29.1. The maximum Gasteiger partial charge on any atom is 0.264 e. The predicted molar refractivity (Wildman–Crippen MR) is 197 cm³/mol. The van der Waals surface area contributed by atoms with E-state index in [0.29, 0.717) is 11.5 Å². The van der Waals surface area contributed by atoms with Gasteiger partial charge in [-0.05, 0) is 87.9 Å². The molecule has 0 fully saturated rings. The Labute approximate surface area is 299 Å². The highest BCUT2D eigenvalue weighted by Gasteiger charge is 2.36. The Kier molecular flexibility index (Phi) is 11.6. The Morgan fingerprint density at radius 2 is 1.33 bits per heavy atom. The summed E-state index contributed by atoms with van der Waals surface area (Å²) in [5.41, 5.74) is 1.37. The standard InChI is InChI=1S/C41H42FN3O5S/c1-30-19-25-36(26-20-30)51(48,49)45(33-21-23-35(24-22-33)50-34-16-9-6-10-17-34)29-39(46)44(28-32-15-11-12-18-37(32)42)38(40(47)43-41(2,3)4)27-31-13-7-5-8-14-31/h5-26,38H,27-29H2,1-4H3,(H,43,47)/t38-/m1/s1. The van der Waals surface area contributed by atoms with E-state index in [0.717, 1.165) is 15.4 Å². The zero-order chi connectivity index (χ0) is 36.6. The monoisotopic (exact) mass is 707 g/mol. The molecule has 51 heavy (non-hydrogen) atoms. The summed E-state index contributed by atoms with van der Waals surface area (Å²) in [7, 11) is -4.32. The number of rotatable bonds is 13. The average molecular weight is 708 g/mol. The van der Waals surface area contributed by atoms with Crippen molar-refractivity contribution >= 4 is 27.5 Å². The number of amides is 2. The highest BCUT2D eigenvalue weighted by molar-refractivity contribution is 7.92. The summed E-state index contributed by atoms with van der Waals surface area (Å²) < 4.78 is 50.8. The molecule has 0 aliphatic heterocycles. The van der Waals surface area contributed by atoms with Crippen molar-refractivity contribution in [2.45, 2.75) is 57.1 Å². The molecule has 0 aliphatic carbocycles. The maximum absolute atomic E-state index is 15.2. The van der Waals surface area contributed by atoms with Crippen LogP contribution in [0.4, 0.5) is 10.1 Å². The molecule has 0 bridgehead atoms. The van der Waals surface area contributed by atoms with Crippen LogP contribution in [0.25, 0.3) is 0 Å². The minimum Gasteiger partial charge on any atom is -0.457 e. The molecule has 0 spiro atoms. The second-order valence-corrected chi connectivity index (χ2v) is 15.2. The first-order chi connectivity index (χ1) is 24.3. The lowest BCUT2D eigenvalue weighted by Crippen LogP contribution is -2.56. The number of carbonyl (C=O) groups excluding carboxylic acids is 2. The quantitative estimate of drug-likeness (QED) is 0.136. The first-order valence-corrected chi connectivity index (χ1v) is 18.1. The van der Waals surface area contributed by atoms with E-state index >= 15 is 4.39 Å². The largest absolute Gasteiger partial charge is 0.457 e. The molecule has 0 saturated carbocycles. The molecule has 8 nitrogen and oxygen atoms in total. The smallest absolute Gasteiger partial charge is 0.264 e. The maximum atomic E-state index is 15.2. The molecule has 1 N–H and O–H groups in total. The fraction of sp³-hybridized carbons (Fsp3) is 0.220. The Morgan fingerprint density at radius 3 is 1.94 bits per heavy atom. The molecule has 5 rings (SSSR count). The summed E-state index contributed by atoms with van der Waals surface area (Å²) in [6, 6.07) is 36.0. The van der Waals surface area contributed by atoms with Crippen LogP contribution < -0.4 is 14.4 Å². The lowest BCUT2D eigenvalue weighted by atomic mass is 10.0. The summed E-state index contributed by atoms with van der Waals surface area (Å²) >= 11 is 0. The molecule has 1 atom stereocenters. The van der Waals surface area contributed by atoms with Crippen molar-refractivity contribution in [1.82, 2.24) is 10.2 Å². The van der Waals surface area contributed by atoms with Gasteiger partial charge in [-0.15, -0.1) is 0 Å². The van der Waals surface area contributed by atoms with Crippen LogP contribution in [-0.4, -0.2) is 43.3 Å². The van der Waals surface area contributed by atoms with Crippen LogP contribution >= 0.6 is 0 Å². The number of nitrogens with zero attached hydrogens (tertiary/aromatic N) is 2. The van der Waals surface area contributed by atoms with E-state index in [4.69, 9.17) is 4.74 Å². The van der Waals surface area contributed by atoms with Crippen LogP contribution in [0.3, 0.4) is 0 Å². The Hall–Kier alpha value is -5.48. The van der Waals surface area contributed by atoms with Gasteiger partial charge >= 0.3 is 0 Å². The van der Waals surface area contributed by atoms with E-state index in [-0.39, 0.29) is 29.1 Å². The van der Waals surface area contributed by atoms with Crippen molar-refractivity contribution in [2.75, 3.05) is 10.8 Å². The highest BCUT2D eigenvalue weighted by Crippen LogP contribution is 2.29. The molecule has 10 heteroatoms. The number of ether oxygens (including phenoxy) is 1. The minimum absolute atomic E-state index is 0.0162. The van der Waals surface area contributed by atoms with Gasteiger partial charge in [0.25, 0.3) is 10.0 Å². The van der Waals surface area contributed by atoms with E-state index in [1.54, 1.807) is 66.7 Å². The minimum atomic E-state index is -4.32. The number of hydrogen-bond donors (Lipinski definition) is 1. The summed E-state index contributed by atoms with van der Waals surface area (Å²) in [5, 5.41) is 2.98. The second-order valence-electron chi connectivity index (χ2n) is 13.3. The SMILES string of the molecule is Cc1ccc(S(=O)(=O)N(CC(=O)N(Cc2ccccc2F)[C@H](Cc2ccccc2)C(=O)NC(C)(C)C)c2ccc(Oc3ccccc3)cc2)cc1. The van der Waals surface area contributed by atoms with Gasteiger partial charge in [0, 0.05) is 24.1 Å². The van der Waals surface area contributed by atoms with Crippen molar-refractivity contribution < 1.29 is 27.1 Å². The van der Waals surface area contributed by atoms with Gasteiger partial charge in [0.05, 0.1) is 10.6 Å². The van der Waals surface area contributed by atoms with E-state index in [1.165, 1.54) is 23.1 Å². The molecule has 264 valence electrons. The molecule has 0 heterocycles. The van der Waals surface area contributed by atoms with E-state index in [2.05, 4.69) is 5.32 Å².